The van der Waals surface area contributed by atoms with Crippen LogP contribution in [0.5, 0.6) is 5.75 Å². The number of aliphatic carboxylic acids is 1. The van der Waals surface area contributed by atoms with Crippen LogP contribution in [0.3, 0.4) is 0 Å². The van der Waals surface area contributed by atoms with Gasteiger partial charge in [0.15, 0.2) is 5.60 Å². The van der Waals surface area contributed by atoms with Gasteiger partial charge in [0.05, 0.1) is 5.56 Å². The fraction of sp³-hybridized carbons (Fsp3) is 0.333. The highest BCUT2D eigenvalue weighted by Crippen LogP contribution is 2.23. The summed E-state index contributed by atoms with van der Waals surface area (Å²) in [6.07, 6.45) is 0. The summed E-state index contributed by atoms with van der Waals surface area (Å²) in [4.78, 5) is 10.9. The number of rotatable bonds is 3. The molecule has 1 N–H and O–H groups in total. The topological polar surface area (TPSA) is 70.3 Å². The zero-order valence-corrected chi connectivity index (χ0v) is 9.44. The molecule has 0 saturated carbocycles. The van der Waals surface area contributed by atoms with Crippen molar-refractivity contribution in [3.8, 4) is 11.8 Å². The van der Waals surface area contributed by atoms with Crippen molar-refractivity contribution in [1.82, 2.24) is 0 Å². The van der Waals surface area contributed by atoms with E-state index in [2.05, 4.69) is 0 Å². The quantitative estimate of drug-likeness (QED) is 0.845. The average Bonchev–Trinajstić information content (AvgIpc) is 2.20. The first-order valence-electron chi connectivity index (χ1n) is 4.80. The van der Waals surface area contributed by atoms with Crippen molar-refractivity contribution in [3.63, 3.8) is 0 Å². The predicted octanol–water partition coefficient (Wildman–Crippen LogP) is 2.11. The molecule has 0 unspecified atom stereocenters. The molecule has 4 nitrogen and oxygen atoms in total. The molecule has 0 bridgehead atoms. The molecule has 1 aromatic carbocycles. The molecule has 1 aromatic rings. The van der Waals surface area contributed by atoms with E-state index in [-0.39, 0.29) is 0 Å². The minimum Gasteiger partial charge on any atom is -0.478 e. The molecule has 0 aliphatic rings. The van der Waals surface area contributed by atoms with Gasteiger partial charge in [-0.25, -0.2) is 4.79 Å². The Morgan fingerprint density at radius 3 is 2.62 bits per heavy atom. The lowest BCUT2D eigenvalue weighted by Gasteiger charge is -2.22. The van der Waals surface area contributed by atoms with Gasteiger partial charge in [-0.3, -0.25) is 0 Å². The smallest absolute Gasteiger partial charge is 0.347 e. The molecule has 4 heteroatoms. The van der Waals surface area contributed by atoms with Crippen molar-refractivity contribution in [2.75, 3.05) is 0 Å². The summed E-state index contributed by atoms with van der Waals surface area (Å²) in [6, 6.07) is 7.02. The summed E-state index contributed by atoms with van der Waals surface area (Å²) in [5, 5.41) is 17.8. The number of nitriles is 1. The lowest BCUT2D eigenvalue weighted by atomic mass is 10.1. The maximum Gasteiger partial charge on any atom is 0.347 e. The second-order valence-corrected chi connectivity index (χ2v) is 4.03. The van der Waals surface area contributed by atoms with Crippen LogP contribution in [0, 0.1) is 18.3 Å². The van der Waals surface area contributed by atoms with Gasteiger partial charge in [0, 0.05) is 0 Å². The van der Waals surface area contributed by atoms with Gasteiger partial charge in [-0.05, 0) is 38.5 Å². The highest BCUT2D eigenvalue weighted by molar-refractivity contribution is 5.77. The Bertz CT molecular complexity index is 458. The van der Waals surface area contributed by atoms with Crippen LogP contribution in [0.4, 0.5) is 0 Å². The Kier molecular flexibility index (Phi) is 3.19. The summed E-state index contributed by atoms with van der Waals surface area (Å²) < 4.78 is 5.32. The number of hydrogen-bond acceptors (Lipinski definition) is 3. The molecule has 0 aromatic heterocycles. The molecule has 0 aliphatic heterocycles. The fourth-order valence-corrected chi connectivity index (χ4v) is 1.14. The van der Waals surface area contributed by atoms with E-state index in [1.54, 1.807) is 18.2 Å². The van der Waals surface area contributed by atoms with E-state index in [4.69, 9.17) is 15.1 Å². The predicted molar refractivity (Wildman–Crippen MR) is 58.2 cm³/mol. The van der Waals surface area contributed by atoms with E-state index >= 15 is 0 Å². The number of benzene rings is 1. The Balaban J connectivity index is 3.08. The molecular formula is C12H13NO3. The van der Waals surface area contributed by atoms with Crippen LogP contribution in [0.15, 0.2) is 18.2 Å². The van der Waals surface area contributed by atoms with E-state index in [0.29, 0.717) is 11.3 Å². The third-order valence-electron chi connectivity index (χ3n) is 2.14. The maximum atomic E-state index is 10.9. The molecule has 0 radical (unpaired) electrons. The zero-order valence-electron chi connectivity index (χ0n) is 9.44. The molecule has 0 amide bonds. The first-order chi connectivity index (χ1) is 7.36. The fourth-order valence-electron chi connectivity index (χ4n) is 1.14. The van der Waals surface area contributed by atoms with Crippen molar-refractivity contribution in [1.29, 1.82) is 5.26 Å². The van der Waals surface area contributed by atoms with E-state index in [0.717, 1.165) is 5.56 Å². The zero-order chi connectivity index (χ0) is 12.3. The van der Waals surface area contributed by atoms with E-state index in [9.17, 15) is 4.79 Å². The molecule has 0 atom stereocenters. The van der Waals surface area contributed by atoms with E-state index in [1.165, 1.54) is 13.8 Å². The molecule has 1 rings (SSSR count). The largest absolute Gasteiger partial charge is 0.478 e. The summed E-state index contributed by atoms with van der Waals surface area (Å²) in [5.74, 6) is -0.780. The molecule has 0 fully saturated rings. The normalized spacial score (nSPS) is 10.6. The molecule has 0 spiro atoms. The number of carbonyl (C=O) groups is 1. The lowest BCUT2D eigenvalue weighted by molar-refractivity contribution is -0.152. The van der Waals surface area contributed by atoms with Gasteiger partial charge in [-0.2, -0.15) is 5.26 Å². The van der Waals surface area contributed by atoms with Gasteiger partial charge < -0.3 is 9.84 Å². The van der Waals surface area contributed by atoms with Crippen molar-refractivity contribution in [2.45, 2.75) is 26.4 Å². The van der Waals surface area contributed by atoms with Crippen molar-refractivity contribution >= 4 is 5.97 Å². The highest BCUT2D eigenvalue weighted by Gasteiger charge is 2.30. The average molecular weight is 219 g/mol. The molecule has 0 aliphatic carbocycles. The first-order valence-corrected chi connectivity index (χ1v) is 4.80. The second kappa shape index (κ2) is 4.23. The number of ether oxygens (including phenoxy) is 1. The minimum atomic E-state index is -1.35. The molecule has 16 heavy (non-hydrogen) atoms. The summed E-state index contributed by atoms with van der Waals surface area (Å²) in [7, 11) is 0. The number of aryl methyl sites for hydroxylation is 1. The first kappa shape index (κ1) is 12.1. The molecular weight excluding hydrogens is 206 g/mol. The van der Waals surface area contributed by atoms with Crippen LogP contribution < -0.4 is 4.74 Å². The third kappa shape index (κ3) is 2.51. The van der Waals surface area contributed by atoms with Gasteiger partial charge >= 0.3 is 5.97 Å². The number of carboxylic acids is 1. The lowest BCUT2D eigenvalue weighted by Crippen LogP contribution is -2.38. The summed E-state index contributed by atoms with van der Waals surface area (Å²) in [5.41, 5.74) is -0.0766. The number of hydrogen-bond donors (Lipinski definition) is 1. The monoisotopic (exact) mass is 219 g/mol. The van der Waals surface area contributed by atoms with Crippen molar-refractivity contribution in [2.24, 2.45) is 0 Å². The van der Waals surface area contributed by atoms with Crippen LogP contribution in [0.2, 0.25) is 0 Å². The summed E-state index contributed by atoms with van der Waals surface area (Å²) >= 11 is 0. The van der Waals surface area contributed by atoms with Gasteiger partial charge in [-0.1, -0.05) is 6.07 Å². The van der Waals surface area contributed by atoms with Crippen LogP contribution in [-0.4, -0.2) is 16.7 Å². The van der Waals surface area contributed by atoms with Crippen molar-refractivity contribution in [3.05, 3.63) is 29.3 Å². The van der Waals surface area contributed by atoms with Gasteiger partial charge in [-0.15, -0.1) is 0 Å². The van der Waals surface area contributed by atoms with Crippen LogP contribution in [-0.2, 0) is 4.79 Å². The number of carboxylic acid groups (broad SMARTS) is 1. The van der Waals surface area contributed by atoms with Crippen molar-refractivity contribution < 1.29 is 14.6 Å². The molecule has 0 heterocycles. The SMILES string of the molecule is Cc1ccc(OC(C)(C)C(=O)O)c(C#N)c1. The second-order valence-electron chi connectivity index (χ2n) is 4.03. The third-order valence-corrected chi connectivity index (χ3v) is 2.14. The van der Waals surface area contributed by atoms with Gasteiger partial charge in [0.2, 0.25) is 0 Å². The molecule has 84 valence electrons. The minimum absolute atomic E-state index is 0.292. The van der Waals surface area contributed by atoms with E-state index in [1.807, 2.05) is 13.0 Å². The highest BCUT2D eigenvalue weighted by atomic mass is 16.5. The Hall–Kier alpha value is -2.02. The maximum absolute atomic E-state index is 10.9. The molecule has 0 saturated heterocycles. The Labute approximate surface area is 94.1 Å². The van der Waals surface area contributed by atoms with Gasteiger partial charge in [0.1, 0.15) is 11.8 Å². The Morgan fingerprint density at radius 2 is 2.12 bits per heavy atom. The van der Waals surface area contributed by atoms with Crippen LogP contribution in [0.1, 0.15) is 25.0 Å². The van der Waals surface area contributed by atoms with Gasteiger partial charge in [0.25, 0.3) is 0 Å². The van der Waals surface area contributed by atoms with Crippen LogP contribution in [0.25, 0.3) is 0 Å². The number of nitrogens with zero attached hydrogens (tertiary/aromatic N) is 1. The standard InChI is InChI=1S/C12H13NO3/c1-8-4-5-10(9(6-8)7-13)16-12(2,3)11(14)15/h4-6H,1-3H3,(H,14,15). The Morgan fingerprint density at radius 1 is 1.50 bits per heavy atom. The van der Waals surface area contributed by atoms with Crippen LogP contribution >= 0.6 is 0 Å². The van der Waals surface area contributed by atoms with E-state index < -0.39 is 11.6 Å². The summed E-state index contributed by atoms with van der Waals surface area (Å²) in [6.45, 7) is 4.74.